The van der Waals surface area contributed by atoms with Crippen molar-refractivity contribution in [3.05, 3.63) is 0 Å². The molecule has 258 valence electrons. The van der Waals surface area contributed by atoms with Crippen LogP contribution in [-0.2, 0) is 28.5 Å². The quantitative estimate of drug-likeness (QED) is 0.0937. The number of aliphatic hydroxyl groups excluding tert-OH is 8. The summed E-state index contributed by atoms with van der Waals surface area (Å²) in [5.41, 5.74) is 12.6. The van der Waals surface area contributed by atoms with Gasteiger partial charge in [-0.25, -0.2) is 0 Å². The molecule has 17 atom stereocenters. The average Bonchev–Trinajstić information content (AvgIpc) is 3.00. The Labute approximate surface area is 252 Å². The van der Waals surface area contributed by atoms with Crippen molar-refractivity contribution in [2.45, 2.75) is 124 Å². The molecule has 19 heteroatoms. The molecule has 3 rings (SSSR count). The molecule has 3 heterocycles. The van der Waals surface area contributed by atoms with Gasteiger partial charge in [0.05, 0.1) is 50.0 Å². The van der Waals surface area contributed by atoms with Crippen LogP contribution >= 0.6 is 0 Å². The lowest BCUT2D eigenvalue weighted by Crippen LogP contribution is -2.81. The maximum atomic E-state index is 11.9. The third kappa shape index (κ3) is 6.36. The van der Waals surface area contributed by atoms with E-state index in [1.54, 1.807) is 6.92 Å². The van der Waals surface area contributed by atoms with E-state index in [1.165, 1.54) is 0 Å². The van der Waals surface area contributed by atoms with Gasteiger partial charge < -0.3 is 92.0 Å². The second-order valence-corrected chi connectivity index (χ2v) is 11.6. The Kier molecular flexibility index (Phi) is 12.4. The summed E-state index contributed by atoms with van der Waals surface area (Å²) in [7, 11) is 0. The highest BCUT2D eigenvalue weighted by Crippen LogP contribution is 2.46. The number of nitrogens with two attached hydrogens (primary N) is 3. The molecule has 3 aliphatic rings. The van der Waals surface area contributed by atoms with E-state index in [9.17, 15) is 55.9 Å². The number of aliphatic hydroxyl groups is 9. The van der Waals surface area contributed by atoms with E-state index in [2.05, 4.69) is 0 Å². The van der Waals surface area contributed by atoms with Crippen LogP contribution in [0.5, 0.6) is 0 Å². The van der Waals surface area contributed by atoms with Crippen LogP contribution in [0.3, 0.4) is 0 Å². The van der Waals surface area contributed by atoms with Crippen LogP contribution in [-0.4, -0.2) is 174 Å². The molecule has 16 N–H and O–H groups in total. The molecule has 0 aromatic heterocycles. The number of rotatable bonds is 12. The van der Waals surface area contributed by atoms with Crippen LogP contribution in [0.25, 0.3) is 0 Å². The monoisotopic (exact) mass is 645 g/mol. The number of aliphatic carboxylic acids is 1. The molecule has 0 spiro atoms. The number of hydrogen-bond acceptors (Lipinski definition) is 18. The smallest absolute Gasteiger partial charge is 0.309 e. The first-order valence-electron chi connectivity index (χ1n) is 14.3. The maximum absolute atomic E-state index is 11.9. The van der Waals surface area contributed by atoms with Crippen LogP contribution in [0.1, 0.15) is 26.7 Å². The SMILES string of the molecule is CCCC(O)[C@@]1(CO)O[C@H](OC2[C@@H](CO)O[C@@H](OC3[C@@H](CO)O[C@@H](O)[C@H](N)[C@H]3O)[C@H](N)[C@H]2O)[C@H](N)[C@@H](O)[C@@]1(O)C(C)C(=O)O. The zero-order valence-electron chi connectivity index (χ0n) is 24.3. The summed E-state index contributed by atoms with van der Waals surface area (Å²) in [5.74, 6) is -3.41. The molecule has 0 saturated carbocycles. The third-order valence-corrected chi connectivity index (χ3v) is 8.90. The Bertz CT molecular complexity index is 951. The van der Waals surface area contributed by atoms with Gasteiger partial charge in [-0.3, -0.25) is 4.79 Å². The summed E-state index contributed by atoms with van der Waals surface area (Å²) in [5, 5.41) is 105. The Balaban J connectivity index is 1.89. The Morgan fingerprint density at radius 2 is 1.41 bits per heavy atom. The molecule has 3 aliphatic heterocycles. The highest BCUT2D eigenvalue weighted by Gasteiger charge is 2.70. The van der Waals surface area contributed by atoms with E-state index in [-0.39, 0.29) is 12.8 Å². The maximum Gasteiger partial charge on any atom is 0.309 e. The zero-order valence-corrected chi connectivity index (χ0v) is 24.3. The number of carboxylic acid groups (broad SMARTS) is 1. The van der Waals surface area contributed by atoms with Crippen LogP contribution in [0.4, 0.5) is 0 Å². The predicted octanol–water partition coefficient (Wildman–Crippen LogP) is -7.05. The van der Waals surface area contributed by atoms with E-state index in [0.29, 0.717) is 0 Å². The molecule has 3 fully saturated rings. The number of carbonyl (C=O) groups is 1. The van der Waals surface area contributed by atoms with Crippen LogP contribution < -0.4 is 17.2 Å². The van der Waals surface area contributed by atoms with Gasteiger partial charge in [-0.15, -0.1) is 0 Å². The summed E-state index contributed by atoms with van der Waals surface area (Å²) in [6.45, 7) is -0.0507. The molecule has 0 aromatic rings. The first kappa shape index (κ1) is 37.2. The van der Waals surface area contributed by atoms with Crippen molar-refractivity contribution in [3.63, 3.8) is 0 Å². The minimum Gasteiger partial charge on any atom is -0.481 e. The minimum absolute atomic E-state index is 0.117. The Morgan fingerprint density at radius 1 is 0.886 bits per heavy atom. The van der Waals surface area contributed by atoms with E-state index < -0.39 is 129 Å². The van der Waals surface area contributed by atoms with E-state index in [1.807, 2.05) is 0 Å². The Morgan fingerprint density at radius 3 is 1.91 bits per heavy atom. The van der Waals surface area contributed by atoms with Crippen molar-refractivity contribution in [3.8, 4) is 0 Å². The first-order chi connectivity index (χ1) is 20.6. The van der Waals surface area contributed by atoms with Crippen molar-refractivity contribution in [1.82, 2.24) is 0 Å². The Hall–Kier alpha value is -1.21. The van der Waals surface area contributed by atoms with Crippen LogP contribution in [0.2, 0.25) is 0 Å². The molecule has 3 saturated heterocycles. The molecule has 0 radical (unpaired) electrons. The molecule has 0 amide bonds. The molecule has 0 aromatic carbocycles. The van der Waals surface area contributed by atoms with Crippen molar-refractivity contribution in [2.75, 3.05) is 19.8 Å². The molecule has 19 nitrogen and oxygen atoms in total. The van der Waals surface area contributed by atoms with E-state index in [4.69, 9.17) is 40.9 Å². The van der Waals surface area contributed by atoms with Crippen molar-refractivity contribution >= 4 is 5.97 Å². The van der Waals surface area contributed by atoms with Crippen LogP contribution in [0, 0.1) is 5.92 Å². The summed E-state index contributed by atoms with van der Waals surface area (Å²) >= 11 is 0. The van der Waals surface area contributed by atoms with Gasteiger partial charge in [0, 0.05) is 0 Å². The molecule has 0 bridgehead atoms. The molecular weight excluding hydrogens is 598 g/mol. The van der Waals surface area contributed by atoms with Gasteiger partial charge >= 0.3 is 5.97 Å². The van der Waals surface area contributed by atoms with Gasteiger partial charge in [-0.2, -0.15) is 0 Å². The second-order valence-electron chi connectivity index (χ2n) is 11.6. The second kappa shape index (κ2) is 14.7. The molecule has 0 aliphatic carbocycles. The summed E-state index contributed by atoms with van der Waals surface area (Å²) < 4.78 is 28.2. The normalized spacial score (nSPS) is 48.1. The third-order valence-electron chi connectivity index (χ3n) is 8.90. The number of carboxylic acids is 1. The first-order valence-corrected chi connectivity index (χ1v) is 14.3. The fourth-order valence-corrected chi connectivity index (χ4v) is 6.08. The van der Waals surface area contributed by atoms with Gasteiger partial charge in [-0.1, -0.05) is 13.3 Å². The summed E-state index contributed by atoms with van der Waals surface area (Å²) in [6, 6.07) is -4.56. The average molecular weight is 646 g/mol. The predicted molar refractivity (Wildman–Crippen MR) is 143 cm³/mol. The minimum atomic E-state index is -2.84. The number of hydrogen-bond donors (Lipinski definition) is 13. The van der Waals surface area contributed by atoms with Gasteiger partial charge in [0.1, 0.15) is 48.3 Å². The van der Waals surface area contributed by atoms with Gasteiger partial charge in [0.25, 0.3) is 0 Å². The summed E-state index contributed by atoms with van der Waals surface area (Å²) in [6.07, 6.45) is -17.8. The lowest BCUT2D eigenvalue weighted by Gasteiger charge is -2.59. The highest BCUT2D eigenvalue weighted by atomic mass is 16.7. The largest absolute Gasteiger partial charge is 0.481 e. The van der Waals surface area contributed by atoms with E-state index in [0.717, 1.165) is 6.92 Å². The van der Waals surface area contributed by atoms with Crippen molar-refractivity contribution in [2.24, 2.45) is 23.1 Å². The molecular formula is C25H47N3O16. The van der Waals surface area contributed by atoms with Crippen LogP contribution in [0.15, 0.2) is 0 Å². The van der Waals surface area contributed by atoms with Crippen molar-refractivity contribution < 1.29 is 79.5 Å². The molecule has 4 unspecified atom stereocenters. The lowest BCUT2D eigenvalue weighted by molar-refractivity contribution is -0.394. The standard InChI is InChI=1S/C25H47N3O16/c1-3-4-11(32)24(7-31)25(39,8(2)20(36)37)19(35)14(28)23(44-24)43-18-10(6-30)41-22(13(27)16(18)34)42-17-9(5-29)40-21(38)12(26)15(17)33/h8-19,21-23,29-35,38-39H,3-7,26-28H2,1-2H3,(H,36,37)/t8?,9-,10-,11?,12-,13-,14-,15-,16-,17?,18?,19-,21-,22+,23+,24-,25+/m1/s1. The zero-order chi connectivity index (χ0) is 33.3. The van der Waals surface area contributed by atoms with Gasteiger partial charge in [0.15, 0.2) is 24.5 Å². The number of ether oxygens (including phenoxy) is 5. The van der Waals surface area contributed by atoms with Crippen molar-refractivity contribution in [1.29, 1.82) is 0 Å². The summed E-state index contributed by atoms with van der Waals surface area (Å²) in [4.78, 5) is 11.9. The fourth-order valence-electron chi connectivity index (χ4n) is 6.08. The topological polar surface area (TPSA) is 344 Å². The van der Waals surface area contributed by atoms with E-state index >= 15 is 0 Å². The molecule has 44 heavy (non-hydrogen) atoms. The highest BCUT2D eigenvalue weighted by molar-refractivity contribution is 5.72. The fraction of sp³-hybridized carbons (Fsp3) is 0.960. The van der Waals surface area contributed by atoms with Gasteiger partial charge in [0.2, 0.25) is 0 Å². The lowest BCUT2D eigenvalue weighted by atomic mass is 9.64. The van der Waals surface area contributed by atoms with Gasteiger partial charge in [-0.05, 0) is 13.3 Å².